The number of aromatic nitrogens is 1. The molecule has 0 bridgehead atoms. The summed E-state index contributed by atoms with van der Waals surface area (Å²) in [5, 5.41) is 0.891. The van der Waals surface area contributed by atoms with E-state index in [1.165, 1.54) is 18.6 Å². The minimum atomic E-state index is -1.10. The molecular weight excluding hydrogens is 424 g/mol. The van der Waals surface area contributed by atoms with Crippen LogP contribution in [0.4, 0.5) is 9.59 Å². The molecule has 0 amide bonds. The van der Waals surface area contributed by atoms with E-state index in [0.29, 0.717) is 11.3 Å². The van der Waals surface area contributed by atoms with Crippen molar-refractivity contribution in [3.8, 4) is 5.75 Å². The molecule has 0 fully saturated rings. The SMILES string of the molecule is COc1ccc2c(CCN(C)C)cn(C(=O)OCOC(=O)OCc3oc(=O)oc3C)c2c1. The summed E-state index contributed by atoms with van der Waals surface area (Å²) in [6.07, 6.45) is 0.580. The molecule has 0 saturated heterocycles. The molecule has 11 heteroatoms. The molecule has 0 spiro atoms. The summed E-state index contributed by atoms with van der Waals surface area (Å²) in [5.41, 5.74) is 1.57. The number of hydrogen-bond acceptors (Lipinski definition) is 10. The fourth-order valence-corrected chi connectivity index (χ4v) is 2.97. The largest absolute Gasteiger partial charge is 0.519 e. The highest BCUT2D eigenvalue weighted by Gasteiger charge is 2.17. The van der Waals surface area contributed by atoms with E-state index in [2.05, 4.69) is 4.42 Å². The van der Waals surface area contributed by atoms with Gasteiger partial charge in [-0.15, -0.1) is 0 Å². The molecule has 3 rings (SSSR count). The van der Waals surface area contributed by atoms with Crippen molar-refractivity contribution in [2.45, 2.75) is 20.0 Å². The van der Waals surface area contributed by atoms with Crippen LogP contribution in [0.25, 0.3) is 10.9 Å². The highest BCUT2D eigenvalue weighted by molar-refractivity contribution is 5.92. The van der Waals surface area contributed by atoms with E-state index in [1.807, 2.05) is 31.1 Å². The summed E-state index contributed by atoms with van der Waals surface area (Å²) >= 11 is 0. The minimum Gasteiger partial charge on any atom is -0.497 e. The maximum absolute atomic E-state index is 12.6. The molecule has 0 atom stereocenters. The van der Waals surface area contributed by atoms with Crippen molar-refractivity contribution in [1.82, 2.24) is 9.47 Å². The normalized spacial score (nSPS) is 11.0. The number of hydrogen-bond donors (Lipinski definition) is 0. The van der Waals surface area contributed by atoms with Gasteiger partial charge in [-0.25, -0.2) is 14.4 Å². The van der Waals surface area contributed by atoms with Crippen LogP contribution >= 0.6 is 0 Å². The number of aryl methyl sites for hydroxylation is 1. The van der Waals surface area contributed by atoms with Crippen LogP contribution in [-0.2, 0) is 27.2 Å². The van der Waals surface area contributed by atoms with Crippen LogP contribution in [0.5, 0.6) is 5.75 Å². The van der Waals surface area contributed by atoms with Gasteiger partial charge >= 0.3 is 18.1 Å². The van der Waals surface area contributed by atoms with Gasteiger partial charge in [0.1, 0.15) is 5.75 Å². The predicted octanol–water partition coefficient (Wildman–Crippen LogP) is 2.90. The number of ether oxygens (including phenoxy) is 4. The molecule has 0 radical (unpaired) electrons. The first-order chi connectivity index (χ1) is 15.3. The molecule has 0 aliphatic heterocycles. The molecule has 11 nitrogen and oxygen atoms in total. The quantitative estimate of drug-likeness (QED) is 0.375. The number of carbonyl (C=O) groups excluding carboxylic acids is 2. The summed E-state index contributed by atoms with van der Waals surface area (Å²) in [6, 6.07) is 5.43. The molecule has 32 heavy (non-hydrogen) atoms. The molecule has 2 heterocycles. The van der Waals surface area contributed by atoms with Gasteiger partial charge in [-0.3, -0.25) is 4.57 Å². The summed E-state index contributed by atoms with van der Waals surface area (Å²) in [7, 11) is 5.47. The molecule has 0 aliphatic rings. The van der Waals surface area contributed by atoms with E-state index in [4.69, 9.17) is 23.4 Å². The summed E-state index contributed by atoms with van der Waals surface area (Å²) in [4.78, 5) is 37.3. The van der Waals surface area contributed by atoms with Crippen LogP contribution in [0.15, 0.2) is 38.0 Å². The van der Waals surface area contributed by atoms with Crippen molar-refractivity contribution in [1.29, 1.82) is 0 Å². The Bertz CT molecular complexity index is 1160. The Labute approximate surface area is 183 Å². The van der Waals surface area contributed by atoms with Crippen LogP contribution in [0, 0.1) is 6.92 Å². The van der Waals surface area contributed by atoms with Gasteiger partial charge in [0.15, 0.2) is 18.1 Å². The number of rotatable bonds is 8. The van der Waals surface area contributed by atoms with E-state index < -0.39 is 24.9 Å². The van der Waals surface area contributed by atoms with Crippen molar-refractivity contribution in [3.05, 3.63) is 52.1 Å². The zero-order valence-corrected chi connectivity index (χ0v) is 18.2. The van der Waals surface area contributed by atoms with Crippen LogP contribution in [0.2, 0.25) is 0 Å². The summed E-state index contributed by atoms with van der Waals surface area (Å²) in [6.45, 7) is 1.26. The fraction of sp³-hybridized carbons (Fsp3) is 0.381. The summed E-state index contributed by atoms with van der Waals surface area (Å²) < 4.78 is 30.5. The van der Waals surface area contributed by atoms with E-state index in [9.17, 15) is 14.4 Å². The minimum absolute atomic E-state index is 0.0574. The Balaban J connectivity index is 1.62. The van der Waals surface area contributed by atoms with Gasteiger partial charge < -0.3 is 32.7 Å². The van der Waals surface area contributed by atoms with Gasteiger partial charge in [0.05, 0.1) is 12.6 Å². The fourth-order valence-electron chi connectivity index (χ4n) is 2.97. The van der Waals surface area contributed by atoms with E-state index in [0.717, 1.165) is 23.9 Å². The Morgan fingerprint density at radius 2 is 1.91 bits per heavy atom. The zero-order chi connectivity index (χ0) is 23.3. The first kappa shape index (κ1) is 22.9. The third kappa shape index (κ3) is 5.49. The highest BCUT2D eigenvalue weighted by Crippen LogP contribution is 2.26. The molecule has 1 aromatic carbocycles. The van der Waals surface area contributed by atoms with Gasteiger partial charge in [0, 0.05) is 24.2 Å². The van der Waals surface area contributed by atoms with Gasteiger partial charge in [0.25, 0.3) is 0 Å². The monoisotopic (exact) mass is 448 g/mol. The number of nitrogens with zero attached hydrogens (tertiary/aromatic N) is 2. The lowest BCUT2D eigenvalue weighted by atomic mass is 10.1. The van der Waals surface area contributed by atoms with E-state index in [1.54, 1.807) is 12.3 Å². The van der Waals surface area contributed by atoms with Crippen LogP contribution in [0.1, 0.15) is 17.1 Å². The predicted molar refractivity (Wildman–Crippen MR) is 111 cm³/mol. The lowest BCUT2D eigenvalue weighted by molar-refractivity contribution is -0.0188. The number of likely N-dealkylation sites (N-methyl/N-ethyl adjacent to an activating group) is 1. The third-order valence-electron chi connectivity index (χ3n) is 4.64. The average Bonchev–Trinajstić information content (AvgIpc) is 3.28. The van der Waals surface area contributed by atoms with E-state index in [-0.39, 0.29) is 18.1 Å². The smallest absolute Gasteiger partial charge is 0.497 e. The Hall–Kier alpha value is -3.73. The maximum atomic E-state index is 12.6. The van der Waals surface area contributed by atoms with Crippen LogP contribution in [0.3, 0.4) is 0 Å². The lowest BCUT2D eigenvalue weighted by Gasteiger charge is -2.08. The first-order valence-electron chi connectivity index (χ1n) is 9.67. The number of fused-ring (bicyclic) bond motifs is 1. The van der Waals surface area contributed by atoms with Gasteiger partial charge in [-0.05, 0) is 45.1 Å². The Morgan fingerprint density at radius 1 is 1.12 bits per heavy atom. The average molecular weight is 448 g/mol. The highest BCUT2D eigenvalue weighted by atomic mass is 16.8. The number of carbonyl (C=O) groups is 2. The van der Waals surface area contributed by atoms with Crippen molar-refractivity contribution in [3.63, 3.8) is 0 Å². The third-order valence-corrected chi connectivity index (χ3v) is 4.64. The second-order valence-corrected chi connectivity index (χ2v) is 7.11. The molecule has 2 aromatic heterocycles. The van der Waals surface area contributed by atoms with Crippen molar-refractivity contribution >= 4 is 23.2 Å². The van der Waals surface area contributed by atoms with Crippen LogP contribution in [-0.4, -0.2) is 56.3 Å². The Morgan fingerprint density at radius 3 is 2.56 bits per heavy atom. The van der Waals surface area contributed by atoms with Gasteiger partial charge in [-0.2, -0.15) is 0 Å². The maximum Gasteiger partial charge on any atom is 0.519 e. The standard InChI is InChI=1S/C21H24N2O9/c1-13-18(32-21(26)31-13)11-28-20(25)30-12-29-19(24)23-10-14(7-8-22(2)3)16-6-5-15(27-4)9-17(16)23/h5-6,9-10H,7-8,11-12H2,1-4H3. The Kier molecular flexibility index (Phi) is 7.21. The van der Waals surface area contributed by atoms with E-state index >= 15 is 0 Å². The molecule has 0 unspecified atom stereocenters. The lowest BCUT2D eigenvalue weighted by Crippen LogP contribution is -2.18. The molecule has 0 saturated carbocycles. The van der Waals surface area contributed by atoms with Gasteiger partial charge in [-0.1, -0.05) is 0 Å². The van der Waals surface area contributed by atoms with Crippen molar-refractivity contribution in [2.24, 2.45) is 0 Å². The van der Waals surface area contributed by atoms with Gasteiger partial charge in [0.2, 0.25) is 6.79 Å². The molecule has 3 aromatic rings. The number of benzene rings is 1. The van der Waals surface area contributed by atoms with Crippen LogP contribution < -0.4 is 10.6 Å². The topological polar surface area (TPSA) is 123 Å². The first-order valence-corrected chi connectivity index (χ1v) is 9.67. The second kappa shape index (κ2) is 10.1. The van der Waals surface area contributed by atoms with Crippen molar-refractivity contribution < 1.29 is 37.4 Å². The zero-order valence-electron chi connectivity index (χ0n) is 18.2. The summed E-state index contributed by atoms with van der Waals surface area (Å²) in [5.74, 6) is -0.0649. The molecule has 0 N–H and O–H groups in total. The van der Waals surface area contributed by atoms with Crippen molar-refractivity contribution in [2.75, 3.05) is 34.5 Å². The second-order valence-electron chi connectivity index (χ2n) is 7.11. The molecule has 172 valence electrons. The molecule has 0 aliphatic carbocycles. The molecular formula is C21H24N2O9. The number of methoxy groups -OCH3 is 1.